The maximum absolute atomic E-state index is 10.7. The molecule has 3 heteroatoms. The van der Waals surface area contributed by atoms with E-state index in [4.69, 9.17) is 4.74 Å². The zero-order valence-corrected chi connectivity index (χ0v) is 7.01. The summed E-state index contributed by atoms with van der Waals surface area (Å²) in [4.78, 5) is 10.7. The first-order valence-corrected chi connectivity index (χ1v) is 3.89. The van der Waals surface area contributed by atoms with Crippen molar-refractivity contribution in [3.8, 4) is 0 Å². The van der Waals surface area contributed by atoms with Crippen molar-refractivity contribution in [3.05, 3.63) is 12.7 Å². The summed E-state index contributed by atoms with van der Waals surface area (Å²) in [5.74, 6) is -0.142. The monoisotopic (exact) mass is 158 g/mol. The van der Waals surface area contributed by atoms with E-state index in [9.17, 15) is 4.79 Å². The molecule has 0 heterocycles. The van der Waals surface area contributed by atoms with Gasteiger partial charge in [-0.1, -0.05) is 6.08 Å². The van der Waals surface area contributed by atoms with Crippen LogP contribution in [0, 0.1) is 0 Å². The molecule has 0 aliphatic rings. The van der Waals surface area contributed by atoms with Gasteiger partial charge >= 0.3 is 5.97 Å². The number of esters is 1. The van der Waals surface area contributed by atoms with Gasteiger partial charge in [0, 0.05) is 6.42 Å². The smallest absolute Gasteiger partial charge is 0.361 e. The largest absolute Gasteiger partial charge is 0.462 e. The molecule has 0 aliphatic carbocycles. The number of hydrogen-bond donors (Lipinski definition) is 1. The Morgan fingerprint density at radius 3 is 3.00 bits per heavy atom. The van der Waals surface area contributed by atoms with Crippen molar-refractivity contribution in [1.29, 1.82) is 0 Å². The fourth-order valence-electron chi connectivity index (χ4n) is 0.676. The molecule has 0 saturated heterocycles. The minimum absolute atomic E-state index is 0.142. The summed E-state index contributed by atoms with van der Waals surface area (Å²) < 4.78 is 4.73. The number of carbonyl (C=O) groups excluding carboxylic acids is 1. The highest BCUT2D eigenvalue weighted by atomic mass is 16.5. The zero-order valence-electron chi connectivity index (χ0n) is 7.01. The molecule has 11 heavy (non-hydrogen) atoms. The lowest BCUT2D eigenvalue weighted by Crippen LogP contribution is -2.86. The first-order chi connectivity index (χ1) is 5.31. The molecule has 64 valence electrons. The lowest BCUT2D eigenvalue weighted by atomic mass is 10.4. The minimum atomic E-state index is -0.142. The molecular formula is C8H16NO2+. The van der Waals surface area contributed by atoms with Crippen LogP contribution in [0.25, 0.3) is 0 Å². The molecule has 0 unspecified atom stereocenters. The summed E-state index contributed by atoms with van der Waals surface area (Å²) in [5.41, 5.74) is 0. The maximum Gasteiger partial charge on any atom is 0.361 e. The van der Waals surface area contributed by atoms with Crippen LogP contribution in [-0.4, -0.2) is 25.7 Å². The van der Waals surface area contributed by atoms with Crippen LogP contribution < -0.4 is 5.32 Å². The highest BCUT2D eigenvalue weighted by molar-refractivity contribution is 5.70. The molecule has 0 amide bonds. The quantitative estimate of drug-likeness (QED) is 0.327. The number of rotatable bonds is 6. The Kier molecular flexibility index (Phi) is 6.73. The van der Waals surface area contributed by atoms with E-state index in [1.807, 2.05) is 18.3 Å². The molecule has 0 aromatic carbocycles. The Morgan fingerprint density at radius 1 is 1.73 bits per heavy atom. The summed E-state index contributed by atoms with van der Waals surface area (Å²) in [5, 5.41) is 1.92. The third-order valence-corrected chi connectivity index (χ3v) is 1.19. The highest BCUT2D eigenvalue weighted by Crippen LogP contribution is 1.72. The topological polar surface area (TPSA) is 42.9 Å². The van der Waals surface area contributed by atoms with Crippen LogP contribution in [0.2, 0.25) is 0 Å². The van der Waals surface area contributed by atoms with E-state index in [2.05, 4.69) is 6.58 Å². The molecule has 0 aromatic rings. The van der Waals surface area contributed by atoms with Crippen molar-refractivity contribution in [3.63, 3.8) is 0 Å². The van der Waals surface area contributed by atoms with Gasteiger partial charge in [0.25, 0.3) is 0 Å². The average Bonchev–Trinajstić information content (AvgIpc) is 1.99. The average molecular weight is 158 g/mol. The van der Waals surface area contributed by atoms with E-state index >= 15 is 0 Å². The molecule has 0 aromatic heterocycles. The summed E-state index contributed by atoms with van der Waals surface area (Å²) in [6, 6.07) is 0. The van der Waals surface area contributed by atoms with Gasteiger partial charge in [-0.2, -0.15) is 0 Å². The van der Waals surface area contributed by atoms with E-state index in [0.717, 1.165) is 13.0 Å². The van der Waals surface area contributed by atoms with Gasteiger partial charge in [0.05, 0.1) is 13.2 Å². The molecule has 3 nitrogen and oxygen atoms in total. The molecule has 0 fully saturated rings. The normalized spacial score (nSPS) is 9.18. The SMILES string of the molecule is C=CCC[NH2+]CC(=O)OCC. The first kappa shape index (κ1) is 10.2. The van der Waals surface area contributed by atoms with Crippen LogP contribution >= 0.6 is 0 Å². The molecule has 2 N–H and O–H groups in total. The molecule has 0 saturated carbocycles. The van der Waals surface area contributed by atoms with Crippen molar-refractivity contribution >= 4 is 5.97 Å². The van der Waals surface area contributed by atoms with E-state index < -0.39 is 0 Å². The van der Waals surface area contributed by atoms with Gasteiger partial charge in [0.1, 0.15) is 0 Å². The Labute approximate surface area is 67.4 Å². The standard InChI is InChI=1S/C8H15NO2/c1-3-5-6-9-7-8(10)11-4-2/h3,9H,1,4-7H2,2H3/p+1. The summed E-state index contributed by atoms with van der Waals surface area (Å²) in [6.45, 7) is 7.17. The van der Waals surface area contributed by atoms with Gasteiger partial charge in [-0.05, 0) is 6.92 Å². The summed E-state index contributed by atoms with van der Waals surface area (Å²) in [6.07, 6.45) is 2.76. The predicted octanol–water partition coefficient (Wildman–Crippen LogP) is -0.311. The molecule has 0 atom stereocenters. The Bertz CT molecular complexity index is 123. The summed E-state index contributed by atoms with van der Waals surface area (Å²) >= 11 is 0. The summed E-state index contributed by atoms with van der Waals surface area (Å²) in [7, 11) is 0. The van der Waals surface area contributed by atoms with E-state index in [1.165, 1.54) is 0 Å². The first-order valence-electron chi connectivity index (χ1n) is 3.89. The second-order valence-corrected chi connectivity index (χ2v) is 2.16. The Balaban J connectivity index is 3.10. The van der Waals surface area contributed by atoms with Crippen molar-refractivity contribution in [2.24, 2.45) is 0 Å². The third kappa shape index (κ3) is 7.06. The van der Waals surface area contributed by atoms with Crippen LogP contribution in [0.15, 0.2) is 12.7 Å². The van der Waals surface area contributed by atoms with Gasteiger partial charge < -0.3 is 10.1 Å². The third-order valence-electron chi connectivity index (χ3n) is 1.19. The maximum atomic E-state index is 10.7. The van der Waals surface area contributed by atoms with Gasteiger partial charge in [-0.3, -0.25) is 0 Å². The van der Waals surface area contributed by atoms with E-state index in [-0.39, 0.29) is 5.97 Å². The second kappa shape index (κ2) is 7.28. The van der Waals surface area contributed by atoms with Crippen molar-refractivity contribution in [2.75, 3.05) is 19.7 Å². The van der Waals surface area contributed by atoms with Gasteiger partial charge in [0.15, 0.2) is 6.54 Å². The van der Waals surface area contributed by atoms with Crippen LogP contribution in [0.1, 0.15) is 13.3 Å². The molecule has 0 bridgehead atoms. The van der Waals surface area contributed by atoms with Gasteiger partial charge in [-0.15, -0.1) is 6.58 Å². The van der Waals surface area contributed by atoms with Crippen LogP contribution in [0.4, 0.5) is 0 Å². The predicted molar refractivity (Wildman–Crippen MR) is 43.1 cm³/mol. The number of ether oxygens (including phenoxy) is 1. The Morgan fingerprint density at radius 2 is 2.45 bits per heavy atom. The molecule has 0 radical (unpaired) electrons. The minimum Gasteiger partial charge on any atom is -0.462 e. The van der Waals surface area contributed by atoms with Gasteiger partial charge in [0.2, 0.25) is 0 Å². The Hall–Kier alpha value is -0.830. The lowest BCUT2D eigenvalue weighted by Gasteiger charge is -1.99. The van der Waals surface area contributed by atoms with Crippen LogP contribution in [0.3, 0.4) is 0 Å². The molecule has 0 rings (SSSR count). The molecule has 0 aliphatic heterocycles. The van der Waals surface area contributed by atoms with Crippen LogP contribution in [0.5, 0.6) is 0 Å². The van der Waals surface area contributed by atoms with Crippen LogP contribution in [-0.2, 0) is 9.53 Å². The fourth-order valence-corrected chi connectivity index (χ4v) is 0.676. The lowest BCUT2D eigenvalue weighted by molar-refractivity contribution is -0.644. The fraction of sp³-hybridized carbons (Fsp3) is 0.625. The van der Waals surface area contributed by atoms with E-state index in [1.54, 1.807) is 0 Å². The van der Waals surface area contributed by atoms with Gasteiger partial charge in [-0.25, -0.2) is 4.79 Å². The molecular weight excluding hydrogens is 142 g/mol. The molecule has 0 spiro atoms. The van der Waals surface area contributed by atoms with Crippen molar-refractivity contribution < 1.29 is 14.8 Å². The number of hydrogen-bond acceptors (Lipinski definition) is 2. The number of nitrogens with two attached hydrogens (primary N) is 1. The van der Waals surface area contributed by atoms with Crippen molar-refractivity contribution in [2.45, 2.75) is 13.3 Å². The second-order valence-electron chi connectivity index (χ2n) is 2.16. The van der Waals surface area contributed by atoms with Crippen molar-refractivity contribution in [1.82, 2.24) is 0 Å². The van der Waals surface area contributed by atoms with E-state index in [0.29, 0.717) is 13.2 Å². The number of quaternary nitrogens is 1. The highest BCUT2D eigenvalue weighted by Gasteiger charge is 2.01. The number of carbonyl (C=O) groups is 1. The zero-order chi connectivity index (χ0) is 8.53.